The van der Waals surface area contributed by atoms with Gasteiger partial charge in [-0.15, -0.1) is 5.10 Å². The van der Waals surface area contributed by atoms with Gasteiger partial charge in [0.25, 0.3) is 0 Å². The van der Waals surface area contributed by atoms with E-state index < -0.39 is 0 Å². The minimum atomic E-state index is 0.501. The summed E-state index contributed by atoms with van der Waals surface area (Å²) in [6, 6.07) is 0. The second-order valence-electron chi connectivity index (χ2n) is 4.46. The molecular weight excluding hydrogens is 200 g/mol. The summed E-state index contributed by atoms with van der Waals surface area (Å²) in [6.45, 7) is 11.9. The zero-order valence-electron chi connectivity index (χ0n) is 10.9. The van der Waals surface area contributed by atoms with Gasteiger partial charge in [-0.1, -0.05) is 32.9 Å². The molecule has 1 heterocycles. The van der Waals surface area contributed by atoms with Crippen molar-refractivity contribution in [3.05, 3.63) is 11.9 Å². The summed E-state index contributed by atoms with van der Waals surface area (Å²) in [7, 11) is 0. The first kappa shape index (κ1) is 13.2. The number of hydrogen-bond acceptors (Lipinski definition) is 3. The maximum Gasteiger partial charge on any atom is 0.0728 e. The first-order chi connectivity index (χ1) is 7.70. The third kappa shape index (κ3) is 3.30. The second kappa shape index (κ2) is 6.63. The van der Waals surface area contributed by atoms with E-state index in [1.807, 2.05) is 10.9 Å². The standard InChI is InChI=1S/C12H24N4/c1-5-7-16-12(9-14-15-16)11(4)10(3)8-13-6-2/h9-11,13H,5-8H2,1-4H3. The Morgan fingerprint density at radius 3 is 2.75 bits per heavy atom. The van der Waals surface area contributed by atoms with E-state index in [0.29, 0.717) is 11.8 Å². The topological polar surface area (TPSA) is 42.7 Å². The zero-order valence-corrected chi connectivity index (χ0v) is 10.9. The van der Waals surface area contributed by atoms with Crippen LogP contribution in [0, 0.1) is 5.92 Å². The fourth-order valence-electron chi connectivity index (χ4n) is 1.84. The van der Waals surface area contributed by atoms with Crippen molar-refractivity contribution in [1.29, 1.82) is 0 Å². The summed E-state index contributed by atoms with van der Waals surface area (Å²) < 4.78 is 2.03. The number of nitrogens with one attached hydrogen (secondary N) is 1. The molecular formula is C12H24N4. The highest BCUT2D eigenvalue weighted by Crippen LogP contribution is 2.22. The van der Waals surface area contributed by atoms with Crippen molar-refractivity contribution in [3.8, 4) is 0 Å². The summed E-state index contributed by atoms with van der Waals surface area (Å²) in [5.74, 6) is 1.11. The first-order valence-electron chi connectivity index (χ1n) is 6.29. The Kier molecular flexibility index (Phi) is 5.46. The van der Waals surface area contributed by atoms with Gasteiger partial charge in [-0.2, -0.15) is 0 Å². The molecule has 0 radical (unpaired) electrons. The molecule has 0 bridgehead atoms. The molecule has 0 fully saturated rings. The molecule has 0 spiro atoms. The molecule has 16 heavy (non-hydrogen) atoms. The van der Waals surface area contributed by atoms with Crippen LogP contribution in [-0.2, 0) is 6.54 Å². The number of aryl methyl sites for hydroxylation is 1. The normalized spacial score (nSPS) is 15.0. The molecule has 0 aliphatic heterocycles. The summed E-state index contributed by atoms with van der Waals surface area (Å²) in [4.78, 5) is 0. The molecule has 1 N–H and O–H groups in total. The van der Waals surface area contributed by atoms with Crippen LogP contribution in [0.4, 0.5) is 0 Å². The van der Waals surface area contributed by atoms with Crippen LogP contribution in [0.3, 0.4) is 0 Å². The third-order valence-corrected chi connectivity index (χ3v) is 3.12. The van der Waals surface area contributed by atoms with E-state index in [2.05, 4.69) is 43.3 Å². The average molecular weight is 224 g/mol. The van der Waals surface area contributed by atoms with Crippen molar-refractivity contribution in [2.75, 3.05) is 13.1 Å². The van der Waals surface area contributed by atoms with E-state index in [9.17, 15) is 0 Å². The van der Waals surface area contributed by atoms with Gasteiger partial charge >= 0.3 is 0 Å². The van der Waals surface area contributed by atoms with E-state index in [4.69, 9.17) is 0 Å². The quantitative estimate of drug-likeness (QED) is 0.770. The molecule has 2 atom stereocenters. The lowest BCUT2D eigenvalue weighted by Crippen LogP contribution is -2.25. The summed E-state index contributed by atoms with van der Waals surface area (Å²) >= 11 is 0. The van der Waals surface area contributed by atoms with Crippen LogP contribution < -0.4 is 5.32 Å². The van der Waals surface area contributed by atoms with Gasteiger partial charge < -0.3 is 5.32 Å². The van der Waals surface area contributed by atoms with Gasteiger partial charge in [0, 0.05) is 12.5 Å². The predicted molar refractivity (Wildman–Crippen MR) is 66.4 cm³/mol. The monoisotopic (exact) mass is 224 g/mol. The SMILES string of the molecule is CCCn1nncc1C(C)C(C)CNCC. The fraction of sp³-hybridized carbons (Fsp3) is 0.833. The molecule has 1 aromatic rings. The largest absolute Gasteiger partial charge is 0.317 e. The van der Waals surface area contributed by atoms with Crippen LogP contribution in [0.2, 0.25) is 0 Å². The Balaban J connectivity index is 2.63. The Morgan fingerprint density at radius 2 is 2.12 bits per heavy atom. The highest BCUT2D eigenvalue weighted by Gasteiger charge is 2.18. The highest BCUT2D eigenvalue weighted by atomic mass is 15.4. The minimum Gasteiger partial charge on any atom is -0.317 e. The molecule has 1 rings (SSSR count). The zero-order chi connectivity index (χ0) is 12.0. The number of hydrogen-bond donors (Lipinski definition) is 1. The van der Waals surface area contributed by atoms with E-state index in [1.165, 1.54) is 5.69 Å². The molecule has 0 aliphatic rings. The molecule has 0 amide bonds. The maximum atomic E-state index is 4.14. The summed E-state index contributed by atoms with van der Waals surface area (Å²) in [6.07, 6.45) is 3.01. The number of rotatable bonds is 7. The van der Waals surface area contributed by atoms with Crippen molar-refractivity contribution in [2.45, 2.75) is 46.6 Å². The van der Waals surface area contributed by atoms with Crippen molar-refractivity contribution in [2.24, 2.45) is 5.92 Å². The lowest BCUT2D eigenvalue weighted by molar-refractivity contribution is 0.422. The van der Waals surface area contributed by atoms with Gasteiger partial charge in [0.2, 0.25) is 0 Å². The molecule has 4 heteroatoms. The highest BCUT2D eigenvalue weighted by molar-refractivity contribution is 5.03. The maximum absolute atomic E-state index is 4.14. The lowest BCUT2D eigenvalue weighted by Gasteiger charge is -2.20. The van der Waals surface area contributed by atoms with E-state index in [0.717, 1.165) is 26.1 Å². The molecule has 1 aromatic heterocycles. The van der Waals surface area contributed by atoms with Crippen LogP contribution in [0.15, 0.2) is 6.20 Å². The molecule has 2 unspecified atom stereocenters. The van der Waals surface area contributed by atoms with Crippen LogP contribution >= 0.6 is 0 Å². The summed E-state index contributed by atoms with van der Waals surface area (Å²) in [5.41, 5.74) is 1.26. The first-order valence-corrected chi connectivity index (χ1v) is 6.29. The van der Waals surface area contributed by atoms with Crippen LogP contribution in [0.1, 0.15) is 45.7 Å². The van der Waals surface area contributed by atoms with E-state index in [-0.39, 0.29) is 0 Å². The van der Waals surface area contributed by atoms with Crippen molar-refractivity contribution in [3.63, 3.8) is 0 Å². The van der Waals surface area contributed by atoms with Crippen LogP contribution in [-0.4, -0.2) is 28.1 Å². The van der Waals surface area contributed by atoms with Gasteiger partial charge in [-0.05, 0) is 25.4 Å². The van der Waals surface area contributed by atoms with Crippen LogP contribution in [0.5, 0.6) is 0 Å². The van der Waals surface area contributed by atoms with Crippen molar-refractivity contribution < 1.29 is 0 Å². The molecule has 0 aliphatic carbocycles. The van der Waals surface area contributed by atoms with Crippen molar-refractivity contribution in [1.82, 2.24) is 20.3 Å². The van der Waals surface area contributed by atoms with Crippen LogP contribution in [0.25, 0.3) is 0 Å². The Hall–Kier alpha value is -0.900. The predicted octanol–water partition coefficient (Wildman–Crippen LogP) is 2.04. The van der Waals surface area contributed by atoms with Gasteiger partial charge in [0.15, 0.2) is 0 Å². The molecule has 0 saturated carbocycles. The van der Waals surface area contributed by atoms with Gasteiger partial charge in [0.05, 0.1) is 11.9 Å². The molecule has 0 saturated heterocycles. The van der Waals surface area contributed by atoms with E-state index >= 15 is 0 Å². The third-order valence-electron chi connectivity index (χ3n) is 3.12. The Bertz CT molecular complexity index is 295. The smallest absolute Gasteiger partial charge is 0.0728 e. The fourth-order valence-corrected chi connectivity index (χ4v) is 1.84. The second-order valence-corrected chi connectivity index (χ2v) is 4.46. The van der Waals surface area contributed by atoms with Crippen molar-refractivity contribution >= 4 is 0 Å². The lowest BCUT2D eigenvalue weighted by atomic mass is 9.93. The molecule has 92 valence electrons. The average Bonchev–Trinajstić information content (AvgIpc) is 2.73. The minimum absolute atomic E-state index is 0.501. The van der Waals surface area contributed by atoms with Gasteiger partial charge in [-0.3, -0.25) is 0 Å². The molecule has 4 nitrogen and oxygen atoms in total. The van der Waals surface area contributed by atoms with E-state index in [1.54, 1.807) is 0 Å². The summed E-state index contributed by atoms with van der Waals surface area (Å²) in [5, 5.41) is 11.5. The molecule has 0 aromatic carbocycles. The van der Waals surface area contributed by atoms with Gasteiger partial charge in [-0.25, -0.2) is 4.68 Å². The number of nitrogens with zero attached hydrogens (tertiary/aromatic N) is 3. The Labute approximate surface area is 98.4 Å². The Morgan fingerprint density at radius 1 is 1.38 bits per heavy atom. The van der Waals surface area contributed by atoms with Gasteiger partial charge in [0.1, 0.15) is 0 Å². The number of aromatic nitrogens is 3.